The Balaban J connectivity index is 2.38. The van der Waals surface area contributed by atoms with Crippen molar-refractivity contribution in [1.82, 2.24) is 0 Å². The fourth-order valence-electron chi connectivity index (χ4n) is 1.82. The molecular formula is C11H18. The molecule has 0 aromatic rings. The van der Waals surface area contributed by atoms with E-state index in [0.717, 1.165) is 5.92 Å². The molecule has 0 bridgehead atoms. The highest BCUT2D eigenvalue weighted by Crippen LogP contribution is 2.29. The summed E-state index contributed by atoms with van der Waals surface area (Å²) in [5.74, 6) is 0.792. The van der Waals surface area contributed by atoms with Gasteiger partial charge in [0.15, 0.2) is 0 Å². The molecule has 0 amide bonds. The van der Waals surface area contributed by atoms with Crippen molar-refractivity contribution in [3.8, 4) is 0 Å². The van der Waals surface area contributed by atoms with Crippen molar-refractivity contribution >= 4 is 0 Å². The molecule has 1 rings (SSSR count). The molecule has 0 heteroatoms. The normalized spacial score (nSPS) is 20.8. The van der Waals surface area contributed by atoms with Crippen LogP contribution in [-0.4, -0.2) is 0 Å². The topological polar surface area (TPSA) is 0 Å². The van der Waals surface area contributed by atoms with Gasteiger partial charge >= 0.3 is 0 Å². The Morgan fingerprint density at radius 1 is 1.27 bits per heavy atom. The zero-order valence-electron chi connectivity index (χ0n) is 7.47. The lowest BCUT2D eigenvalue weighted by atomic mass is 9.84. The van der Waals surface area contributed by atoms with E-state index in [1.165, 1.54) is 37.7 Å². The second-order valence-electron chi connectivity index (χ2n) is 3.41. The average Bonchev–Trinajstić information content (AvgIpc) is 2.07. The molecule has 0 atom stereocenters. The first-order valence-electron chi connectivity index (χ1n) is 4.66. The lowest BCUT2D eigenvalue weighted by molar-refractivity contribution is 0.409. The summed E-state index contributed by atoms with van der Waals surface area (Å²) in [6, 6.07) is 0. The van der Waals surface area contributed by atoms with Crippen molar-refractivity contribution in [1.29, 1.82) is 0 Å². The van der Waals surface area contributed by atoms with E-state index in [4.69, 9.17) is 0 Å². The van der Waals surface area contributed by atoms with Crippen molar-refractivity contribution in [2.75, 3.05) is 0 Å². The third-order valence-electron chi connectivity index (χ3n) is 2.51. The van der Waals surface area contributed by atoms with E-state index in [9.17, 15) is 0 Å². The SMILES string of the molecule is C=C(/C=C\C)C1CCCCC1. The molecule has 1 saturated carbocycles. The van der Waals surface area contributed by atoms with Gasteiger partial charge in [-0.1, -0.05) is 43.6 Å². The smallest absolute Gasteiger partial charge is 0.0168 e. The van der Waals surface area contributed by atoms with Crippen LogP contribution in [0.2, 0.25) is 0 Å². The molecule has 1 aliphatic carbocycles. The molecule has 0 heterocycles. The Morgan fingerprint density at radius 2 is 1.91 bits per heavy atom. The van der Waals surface area contributed by atoms with Crippen LogP contribution in [0.25, 0.3) is 0 Å². The summed E-state index contributed by atoms with van der Waals surface area (Å²) in [7, 11) is 0. The number of allylic oxidation sites excluding steroid dienone is 3. The Kier molecular flexibility index (Phi) is 3.41. The van der Waals surface area contributed by atoms with Gasteiger partial charge < -0.3 is 0 Å². The molecule has 0 radical (unpaired) electrons. The van der Waals surface area contributed by atoms with E-state index in [1.54, 1.807) is 0 Å². The Morgan fingerprint density at radius 3 is 2.45 bits per heavy atom. The molecule has 0 aromatic carbocycles. The lowest BCUT2D eigenvalue weighted by Gasteiger charge is -2.21. The summed E-state index contributed by atoms with van der Waals surface area (Å²) in [6.45, 7) is 6.14. The van der Waals surface area contributed by atoms with Crippen LogP contribution in [-0.2, 0) is 0 Å². The van der Waals surface area contributed by atoms with Crippen molar-refractivity contribution in [3.63, 3.8) is 0 Å². The van der Waals surface area contributed by atoms with Gasteiger partial charge in [0.05, 0.1) is 0 Å². The molecule has 0 nitrogen and oxygen atoms in total. The minimum Gasteiger partial charge on any atom is -0.0956 e. The summed E-state index contributed by atoms with van der Waals surface area (Å²) in [4.78, 5) is 0. The first-order chi connectivity index (χ1) is 5.34. The predicted molar refractivity (Wildman–Crippen MR) is 50.5 cm³/mol. The minimum atomic E-state index is 0.792. The van der Waals surface area contributed by atoms with E-state index in [-0.39, 0.29) is 0 Å². The van der Waals surface area contributed by atoms with Crippen LogP contribution in [0, 0.1) is 5.92 Å². The third kappa shape index (κ3) is 2.53. The van der Waals surface area contributed by atoms with Crippen molar-refractivity contribution < 1.29 is 0 Å². The monoisotopic (exact) mass is 150 g/mol. The van der Waals surface area contributed by atoms with E-state index in [2.05, 4.69) is 25.7 Å². The van der Waals surface area contributed by atoms with E-state index in [0.29, 0.717) is 0 Å². The van der Waals surface area contributed by atoms with Crippen LogP contribution in [0.15, 0.2) is 24.3 Å². The summed E-state index contributed by atoms with van der Waals surface area (Å²) < 4.78 is 0. The van der Waals surface area contributed by atoms with E-state index in [1.807, 2.05) is 0 Å². The van der Waals surface area contributed by atoms with Crippen LogP contribution in [0.3, 0.4) is 0 Å². The van der Waals surface area contributed by atoms with Crippen molar-refractivity contribution in [2.45, 2.75) is 39.0 Å². The molecule has 1 aliphatic rings. The third-order valence-corrected chi connectivity index (χ3v) is 2.51. The van der Waals surface area contributed by atoms with Crippen LogP contribution < -0.4 is 0 Å². The predicted octanol–water partition coefficient (Wildman–Crippen LogP) is 3.70. The maximum absolute atomic E-state index is 4.08. The molecule has 0 unspecified atom stereocenters. The second-order valence-corrected chi connectivity index (χ2v) is 3.41. The first kappa shape index (κ1) is 8.58. The highest BCUT2D eigenvalue weighted by atomic mass is 14.2. The molecule has 0 aliphatic heterocycles. The van der Waals surface area contributed by atoms with E-state index >= 15 is 0 Å². The van der Waals surface area contributed by atoms with Gasteiger partial charge in [-0.15, -0.1) is 0 Å². The van der Waals surface area contributed by atoms with Gasteiger partial charge in [-0.2, -0.15) is 0 Å². The summed E-state index contributed by atoms with van der Waals surface area (Å²) in [5, 5.41) is 0. The summed E-state index contributed by atoms with van der Waals surface area (Å²) >= 11 is 0. The van der Waals surface area contributed by atoms with Crippen molar-refractivity contribution in [2.24, 2.45) is 5.92 Å². The van der Waals surface area contributed by atoms with Gasteiger partial charge in [-0.05, 0) is 25.7 Å². The Bertz CT molecular complexity index is 147. The number of hydrogen-bond acceptors (Lipinski definition) is 0. The van der Waals surface area contributed by atoms with Gasteiger partial charge in [0, 0.05) is 0 Å². The highest BCUT2D eigenvalue weighted by Gasteiger charge is 2.13. The number of rotatable bonds is 2. The van der Waals surface area contributed by atoms with Gasteiger partial charge in [-0.25, -0.2) is 0 Å². The standard InChI is InChI=1S/C11H18/c1-3-7-10(2)11-8-5-4-6-9-11/h3,7,11H,2,4-6,8-9H2,1H3/b7-3-. The largest absolute Gasteiger partial charge is 0.0956 e. The maximum atomic E-state index is 4.08. The van der Waals surface area contributed by atoms with Gasteiger partial charge in [0.2, 0.25) is 0 Å². The fraction of sp³-hybridized carbons (Fsp3) is 0.636. The van der Waals surface area contributed by atoms with Crippen LogP contribution in [0.5, 0.6) is 0 Å². The van der Waals surface area contributed by atoms with Crippen LogP contribution in [0.4, 0.5) is 0 Å². The Hall–Kier alpha value is -0.520. The molecule has 11 heavy (non-hydrogen) atoms. The van der Waals surface area contributed by atoms with Gasteiger partial charge in [0.1, 0.15) is 0 Å². The fourth-order valence-corrected chi connectivity index (χ4v) is 1.82. The molecule has 0 N–H and O–H groups in total. The molecule has 0 spiro atoms. The highest BCUT2D eigenvalue weighted by molar-refractivity contribution is 5.17. The second kappa shape index (κ2) is 4.38. The van der Waals surface area contributed by atoms with Crippen LogP contribution in [0.1, 0.15) is 39.0 Å². The van der Waals surface area contributed by atoms with Gasteiger partial charge in [-0.3, -0.25) is 0 Å². The number of hydrogen-bond donors (Lipinski definition) is 0. The molecule has 1 fully saturated rings. The van der Waals surface area contributed by atoms with Crippen molar-refractivity contribution in [3.05, 3.63) is 24.3 Å². The van der Waals surface area contributed by atoms with Crippen LogP contribution >= 0.6 is 0 Å². The van der Waals surface area contributed by atoms with E-state index < -0.39 is 0 Å². The lowest BCUT2D eigenvalue weighted by Crippen LogP contribution is -2.06. The zero-order valence-corrected chi connectivity index (χ0v) is 7.47. The zero-order chi connectivity index (χ0) is 8.10. The molecule has 62 valence electrons. The first-order valence-corrected chi connectivity index (χ1v) is 4.66. The Labute approximate surface area is 70.0 Å². The maximum Gasteiger partial charge on any atom is -0.0168 e. The van der Waals surface area contributed by atoms with Gasteiger partial charge in [0.25, 0.3) is 0 Å². The summed E-state index contributed by atoms with van der Waals surface area (Å²) in [5.41, 5.74) is 1.34. The molecular weight excluding hydrogens is 132 g/mol. The molecule has 0 saturated heterocycles. The summed E-state index contributed by atoms with van der Waals surface area (Å²) in [6.07, 6.45) is 11.2. The minimum absolute atomic E-state index is 0.792. The quantitative estimate of drug-likeness (QED) is 0.526. The average molecular weight is 150 g/mol. The molecule has 0 aromatic heterocycles.